The van der Waals surface area contributed by atoms with Crippen LogP contribution >= 0.6 is 0 Å². The van der Waals surface area contributed by atoms with Crippen LogP contribution in [0.3, 0.4) is 0 Å². The summed E-state index contributed by atoms with van der Waals surface area (Å²) in [6.45, 7) is 6.39. The first-order valence-electron chi connectivity index (χ1n) is 10.9. The number of hydrogen-bond donors (Lipinski definition) is 3. The fraction of sp³-hybridized carbons (Fsp3) is 0.292. The number of benzene rings is 1. The third-order valence-electron chi connectivity index (χ3n) is 5.35. The summed E-state index contributed by atoms with van der Waals surface area (Å²) in [6, 6.07) is 8.86. The fourth-order valence-corrected chi connectivity index (χ4v) is 3.51. The van der Waals surface area contributed by atoms with Crippen LogP contribution in [-0.2, 0) is 0 Å². The smallest absolute Gasteiger partial charge is 0.275 e. The Balaban J connectivity index is 1.48. The highest BCUT2D eigenvalue weighted by Crippen LogP contribution is 2.20. The Morgan fingerprint density at radius 2 is 1.76 bits per heavy atom. The molecule has 0 aliphatic carbocycles. The molecule has 0 spiro atoms. The third-order valence-corrected chi connectivity index (χ3v) is 5.35. The average Bonchev–Trinajstić information content (AvgIpc) is 3.11. The number of carbonyl (C=O) groups excluding carboxylic acids is 2. The molecule has 4 rings (SSSR count). The lowest BCUT2D eigenvalue weighted by molar-refractivity contribution is 0.102. The molecule has 0 atom stereocenters. The van der Waals surface area contributed by atoms with E-state index >= 15 is 0 Å². The molecule has 2 aromatic heterocycles. The normalized spacial score (nSPS) is 13.8. The number of pyridine rings is 1. The largest absolute Gasteiger partial charge is 0.343 e. The molecule has 1 aliphatic heterocycles. The molecule has 1 aromatic carbocycles. The summed E-state index contributed by atoms with van der Waals surface area (Å²) in [7, 11) is 0. The van der Waals surface area contributed by atoms with E-state index in [1.54, 1.807) is 30.6 Å². The van der Waals surface area contributed by atoms with Crippen molar-refractivity contribution in [3.05, 3.63) is 71.3 Å². The number of amides is 2. The predicted octanol–water partition coefficient (Wildman–Crippen LogP) is 3.14. The van der Waals surface area contributed by atoms with E-state index in [1.165, 1.54) is 6.20 Å². The number of aromatic nitrogens is 3. The van der Waals surface area contributed by atoms with E-state index in [-0.39, 0.29) is 11.6 Å². The van der Waals surface area contributed by atoms with Gasteiger partial charge in [0.05, 0.1) is 30.3 Å². The van der Waals surface area contributed by atoms with Gasteiger partial charge in [0.15, 0.2) is 0 Å². The minimum Gasteiger partial charge on any atom is -0.343 e. The maximum atomic E-state index is 12.9. The zero-order chi connectivity index (χ0) is 23.2. The first-order valence-corrected chi connectivity index (χ1v) is 10.9. The summed E-state index contributed by atoms with van der Waals surface area (Å²) in [6.07, 6.45) is 6.94. The van der Waals surface area contributed by atoms with Gasteiger partial charge in [-0.15, -0.1) is 0 Å². The molecule has 2 amide bonds. The molecule has 9 nitrogen and oxygen atoms in total. The standard InChI is InChI=1S/C24H27N7O2/c1-16-5-7-19(18(11-16)23(32)30-21-8-6-17(2)12-27-21)29-24(33)20-13-28-22(14-26-20)31-10-4-3-9-25-15-31/h5-8,11-14,25H,3-4,9-10,15H2,1-2H3,(H,29,33)(H,27,30,32). The molecule has 1 fully saturated rings. The van der Waals surface area contributed by atoms with E-state index in [4.69, 9.17) is 0 Å². The number of nitrogens with one attached hydrogen (secondary N) is 3. The molecule has 0 saturated carbocycles. The Labute approximate surface area is 192 Å². The first-order chi connectivity index (χ1) is 16.0. The van der Waals surface area contributed by atoms with Gasteiger partial charge in [0, 0.05) is 12.7 Å². The molecular weight excluding hydrogens is 418 g/mol. The summed E-state index contributed by atoms with van der Waals surface area (Å²) in [4.78, 5) is 40.7. The van der Waals surface area contributed by atoms with Crippen molar-refractivity contribution >= 4 is 29.1 Å². The summed E-state index contributed by atoms with van der Waals surface area (Å²) >= 11 is 0. The lowest BCUT2D eigenvalue weighted by Gasteiger charge is -2.20. The number of carbonyl (C=O) groups is 2. The zero-order valence-corrected chi connectivity index (χ0v) is 18.8. The highest BCUT2D eigenvalue weighted by molar-refractivity contribution is 6.12. The molecule has 3 heterocycles. The van der Waals surface area contributed by atoms with Crippen molar-refractivity contribution in [3.8, 4) is 0 Å². The molecule has 3 N–H and O–H groups in total. The summed E-state index contributed by atoms with van der Waals surface area (Å²) in [5.41, 5.74) is 2.79. The second-order valence-corrected chi connectivity index (χ2v) is 8.07. The van der Waals surface area contributed by atoms with Crippen LogP contribution in [0.25, 0.3) is 0 Å². The maximum Gasteiger partial charge on any atom is 0.275 e. The van der Waals surface area contributed by atoms with Gasteiger partial charge in [-0.1, -0.05) is 17.7 Å². The Kier molecular flexibility index (Phi) is 6.89. The van der Waals surface area contributed by atoms with Crippen LogP contribution in [0, 0.1) is 13.8 Å². The van der Waals surface area contributed by atoms with Crippen LogP contribution in [0.15, 0.2) is 48.9 Å². The molecule has 0 radical (unpaired) electrons. The zero-order valence-electron chi connectivity index (χ0n) is 18.8. The second kappa shape index (κ2) is 10.2. The average molecular weight is 446 g/mol. The van der Waals surface area contributed by atoms with Gasteiger partial charge in [-0.25, -0.2) is 15.0 Å². The monoisotopic (exact) mass is 445 g/mol. The van der Waals surface area contributed by atoms with E-state index in [9.17, 15) is 9.59 Å². The lowest BCUT2D eigenvalue weighted by atomic mass is 10.1. The van der Waals surface area contributed by atoms with Gasteiger partial charge in [-0.2, -0.15) is 0 Å². The van der Waals surface area contributed by atoms with Crippen LogP contribution in [-0.4, -0.2) is 46.5 Å². The van der Waals surface area contributed by atoms with Crippen LogP contribution < -0.4 is 20.9 Å². The van der Waals surface area contributed by atoms with Crippen molar-refractivity contribution < 1.29 is 9.59 Å². The minimum absolute atomic E-state index is 0.175. The molecule has 0 bridgehead atoms. The molecule has 0 unspecified atom stereocenters. The van der Waals surface area contributed by atoms with Crippen LogP contribution in [0.5, 0.6) is 0 Å². The highest BCUT2D eigenvalue weighted by Gasteiger charge is 2.17. The summed E-state index contributed by atoms with van der Waals surface area (Å²) in [5, 5.41) is 8.91. The summed E-state index contributed by atoms with van der Waals surface area (Å²) in [5.74, 6) is 0.366. The lowest BCUT2D eigenvalue weighted by Crippen LogP contribution is -2.33. The second-order valence-electron chi connectivity index (χ2n) is 8.07. The molecule has 33 heavy (non-hydrogen) atoms. The highest BCUT2D eigenvalue weighted by atomic mass is 16.2. The Morgan fingerprint density at radius 1 is 0.909 bits per heavy atom. The maximum absolute atomic E-state index is 12.9. The van der Waals surface area contributed by atoms with Crippen molar-refractivity contribution in [2.24, 2.45) is 0 Å². The molecule has 3 aromatic rings. The Hall–Kier alpha value is -3.85. The van der Waals surface area contributed by atoms with Gasteiger partial charge >= 0.3 is 0 Å². The molecule has 1 saturated heterocycles. The van der Waals surface area contributed by atoms with Gasteiger partial charge < -0.3 is 15.5 Å². The number of hydrogen-bond acceptors (Lipinski definition) is 7. The van der Waals surface area contributed by atoms with Crippen molar-refractivity contribution in [3.63, 3.8) is 0 Å². The molecule has 170 valence electrons. The van der Waals surface area contributed by atoms with Crippen molar-refractivity contribution in [2.75, 3.05) is 35.3 Å². The number of rotatable bonds is 5. The van der Waals surface area contributed by atoms with E-state index < -0.39 is 5.91 Å². The molecule has 9 heteroatoms. The van der Waals surface area contributed by atoms with Crippen LogP contribution in [0.4, 0.5) is 17.3 Å². The number of aryl methyl sites for hydroxylation is 2. The van der Waals surface area contributed by atoms with Crippen LogP contribution in [0.1, 0.15) is 44.8 Å². The Bertz CT molecular complexity index is 1120. The van der Waals surface area contributed by atoms with E-state index in [1.807, 2.05) is 26.0 Å². The first kappa shape index (κ1) is 22.3. The minimum atomic E-state index is -0.436. The molecular formula is C24H27N7O2. The SMILES string of the molecule is Cc1ccc(NC(=O)c2cc(C)ccc2NC(=O)c2cnc(N3CCCCNC3)cn2)nc1. The summed E-state index contributed by atoms with van der Waals surface area (Å²) < 4.78 is 0. The van der Waals surface area contributed by atoms with Crippen molar-refractivity contribution in [1.29, 1.82) is 0 Å². The van der Waals surface area contributed by atoms with Gasteiger partial charge in [0.25, 0.3) is 11.8 Å². The van der Waals surface area contributed by atoms with Gasteiger partial charge in [-0.05, 0) is 57.0 Å². The molecule has 1 aliphatic rings. The topological polar surface area (TPSA) is 112 Å². The Morgan fingerprint density at radius 3 is 2.52 bits per heavy atom. The van der Waals surface area contributed by atoms with E-state index in [0.717, 1.165) is 42.9 Å². The van der Waals surface area contributed by atoms with Crippen molar-refractivity contribution in [1.82, 2.24) is 20.3 Å². The number of anilines is 3. The van der Waals surface area contributed by atoms with E-state index in [2.05, 4.69) is 35.8 Å². The van der Waals surface area contributed by atoms with E-state index in [0.29, 0.717) is 23.7 Å². The van der Waals surface area contributed by atoms with Gasteiger partial charge in [-0.3, -0.25) is 14.9 Å². The van der Waals surface area contributed by atoms with Gasteiger partial charge in [0.2, 0.25) is 0 Å². The quantitative estimate of drug-likeness (QED) is 0.553. The fourth-order valence-electron chi connectivity index (χ4n) is 3.51. The third kappa shape index (κ3) is 5.69. The predicted molar refractivity (Wildman–Crippen MR) is 128 cm³/mol. The number of nitrogens with zero attached hydrogens (tertiary/aromatic N) is 4. The van der Waals surface area contributed by atoms with Gasteiger partial charge in [0.1, 0.15) is 17.3 Å². The van der Waals surface area contributed by atoms with Crippen molar-refractivity contribution in [2.45, 2.75) is 26.7 Å². The van der Waals surface area contributed by atoms with Crippen LogP contribution in [0.2, 0.25) is 0 Å².